The van der Waals surface area contributed by atoms with E-state index in [1.165, 1.54) is 38.8 Å². The maximum Gasteiger partial charge on any atom is 0.115 e. The van der Waals surface area contributed by atoms with Crippen molar-refractivity contribution in [1.82, 2.24) is 4.90 Å². The lowest BCUT2D eigenvalue weighted by molar-refractivity contribution is 0.136. The van der Waals surface area contributed by atoms with Crippen molar-refractivity contribution in [3.63, 3.8) is 0 Å². The van der Waals surface area contributed by atoms with Gasteiger partial charge in [-0.25, -0.2) is 0 Å². The summed E-state index contributed by atoms with van der Waals surface area (Å²) >= 11 is 0. The smallest absolute Gasteiger partial charge is 0.115 e. The van der Waals surface area contributed by atoms with Crippen molar-refractivity contribution >= 4 is 17.1 Å². The minimum absolute atomic E-state index is 0.555. The lowest BCUT2D eigenvalue weighted by Gasteiger charge is -2.36. The summed E-state index contributed by atoms with van der Waals surface area (Å²) in [7, 11) is 5.56. The number of rotatable bonds is 1. The van der Waals surface area contributed by atoms with Crippen LogP contribution in [0, 0.1) is 11.3 Å². The molecular weight excluding hydrogens is 200 g/mol. The second-order valence-electron chi connectivity index (χ2n) is 6.83. The summed E-state index contributed by atoms with van der Waals surface area (Å²) in [5, 5.41) is 0.555. The Hall–Kier alpha value is 0.455. The lowest BCUT2D eigenvalue weighted by Crippen LogP contribution is -2.42. The fraction of sp³-hybridized carbons (Fsp3) is 1.00. The molecule has 0 radical (unpaired) electrons. The summed E-state index contributed by atoms with van der Waals surface area (Å²) in [5.74, 6) is 0.834. The molecule has 15 heavy (non-hydrogen) atoms. The van der Waals surface area contributed by atoms with Gasteiger partial charge in [-0.3, -0.25) is 4.90 Å². The van der Waals surface area contributed by atoms with Crippen LogP contribution in [0.1, 0.15) is 39.5 Å². The van der Waals surface area contributed by atoms with E-state index in [2.05, 4.69) is 35.8 Å². The van der Waals surface area contributed by atoms with Crippen LogP contribution in [0.3, 0.4) is 0 Å². The SMILES string of the molecule is BC1(P)CC12CN1CCCC1(C(C)C)C2. The topological polar surface area (TPSA) is 3.24 Å². The van der Waals surface area contributed by atoms with Crippen molar-refractivity contribution in [2.45, 2.75) is 50.1 Å². The van der Waals surface area contributed by atoms with Crippen LogP contribution < -0.4 is 0 Å². The molecule has 3 fully saturated rings. The fourth-order valence-electron chi connectivity index (χ4n) is 4.42. The molecule has 3 heteroatoms. The predicted octanol–water partition coefficient (Wildman–Crippen LogP) is 1.48. The van der Waals surface area contributed by atoms with E-state index >= 15 is 0 Å². The minimum atomic E-state index is 0.555. The van der Waals surface area contributed by atoms with Gasteiger partial charge in [-0.1, -0.05) is 13.8 Å². The zero-order valence-electron chi connectivity index (χ0n) is 10.3. The number of nitrogens with zero attached hydrogens (tertiary/aromatic N) is 1. The molecule has 1 aliphatic carbocycles. The number of fused-ring (bicyclic) bond motifs is 1. The van der Waals surface area contributed by atoms with E-state index in [0.717, 1.165) is 5.92 Å². The third-order valence-electron chi connectivity index (χ3n) is 5.67. The van der Waals surface area contributed by atoms with Crippen molar-refractivity contribution < 1.29 is 0 Å². The highest BCUT2D eigenvalue weighted by Gasteiger charge is 2.69. The number of hydrogen-bond acceptors (Lipinski definition) is 1. The van der Waals surface area contributed by atoms with E-state index in [0.29, 0.717) is 16.0 Å². The van der Waals surface area contributed by atoms with Gasteiger partial charge in [-0.15, -0.1) is 9.24 Å². The van der Waals surface area contributed by atoms with Crippen molar-refractivity contribution in [2.24, 2.45) is 11.3 Å². The number of hydrogen-bond donors (Lipinski definition) is 0. The van der Waals surface area contributed by atoms with Crippen LogP contribution in [0.2, 0.25) is 0 Å². The van der Waals surface area contributed by atoms with Gasteiger partial charge in [-0.05, 0) is 48.6 Å². The Morgan fingerprint density at radius 2 is 2.00 bits per heavy atom. The third kappa shape index (κ3) is 1.19. The van der Waals surface area contributed by atoms with Gasteiger partial charge in [0.05, 0.1) is 0 Å². The summed E-state index contributed by atoms with van der Waals surface area (Å²) < 4.78 is 0. The molecule has 0 aromatic rings. The maximum atomic E-state index is 3.12. The van der Waals surface area contributed by atoms with E-state index in [4.69, 9.17) is 0 Å². The van der Waals surface area contributed by atoms with Gasteiger partial charge in [0, 0.05) is 12.1 Å². The first-order valence-electron chi connectivity index (χ1n) is 6.46. The zero-order chi connectivity index (χ0) is 10.9. The largest absolute Gasteiger partial charge is 0.297 e. The molecule has 1 spiro atoms. The Bertz CT molecular complexity index is 304. The molecule has 0 N–H and O–H groups in total. The van der Waals surface area contributed by atoms with Gasteiger partial charge in [-0.2, -0.15) is 0 Å². The van der Waals surface area contributed by atoms with Crippen LogP contribution in [0.4, 0.5) is 0 Å². The Kier molecular flexibility index (Phi) is 1.99. The fourth-order valence-corrected chi connectivity index (χ4v) is 5.00. The Morgan fingerprint density at radius 3 is 2.47 bits per heavy atom. The standard InChI is InChI=1S/C12H23BNP/c1-9(2)11-4-3-5-14(11)8-10(6-11)7-12(10,13)15/h9H,3-8,13,15H2,1-2H3. The van der Waals surface area contributed by atoms with E-state index in [-0.39, 0.29) is 0 Å². The lowest BCUT2D eigenvalue weighted by atomic mass is 9.77. The second-order valence-corrected chi connectivity index (χ2v) is 8.11. The Morgan fingerprint density at radius 1 is 1.33 bits per heavy atom. The molecule has 3 aliphatic rings. The summed E-state index contributed by atoms with van der Waals surface area (Å²) in [4.78, 5) is 2.83. The molecule has 0 amide bonds. The molecule has 0 aromatic heterocycles. The maximum absolute atomic E-state index is 3.12. The average Bonchev–Trinajstić information content (AvgIpc) is 2.46. The van der Waals surface area contributed by atoms with Crippen LogP contribution in [0.5, 0.6) is 0 Å². The van der Waals surface area contributed by atoms with Gasteiger partial charge in [0.2, 0.25) is 0 Å². The molecule has 2 aliphatic heterocycles. The predicted molar refractivity (Wildman–Crippen MR) is 71.0 cm³/mol. The monoisotopic (exact) mass is 223 g/mol. The van der Waals surface area contributed by atoms with E-state index in [9.17, 15) is 0 Å². The summed E-state index contributed by atoms with van der Waals surface area (Å²) in [5.41, 5.74) is 1.25. The van der Waals surface area contributed by atoms with Gasteiger partial charge >= 0.3 is 0 Å². The van der Waals surface area contributed by atoms with E-state index in [1.807, 2.05) is 0 Å². The first kappa shape index (κ1) is 10.6. The summed E-state index contributed by atoms with van der Waals surface area (Å²) in [6.45, 7) is 7.60. The highest BCUT2D eigenvalue weighted by atomic mass is 31.0. The van der Waals surface area contributed by atoms with Gasteiger partial charge in [0.1, 0.15) is 7.85 Å². The van der Waals surface area contributed by atoms with Crippen LogP contribution >= 0.6 is 9.24 Å². The molecule has 84 valence electrons. The molecule has 0 aromatic carbocycles. The van der Waals surface area contributed by atoms with Crippen molar-refractivity contribution in [3.05, 3.63) is 0 Å². The zero-order valence-corrected chi connectivity index (χ0v) is 11.5. The van der Waals surface area contributed by atoms with Crippen molar-refractivity contribution in [1.29, 1.82) is 0 Å². The molecule has 4 atom stereocenters. The Labute approximate surface area is 97.0 Å². The quantitative estimate of drug-likeness (QED) is 0.480. The molecular formula is C12H23BNP. The average molecular weight is 223 g/mol. The van der Waals surface area contributed by atoms with Crippen LogP contribution in [0.15, 0.2) is 0 Å². The first-order valence-corrected chi connectivity index (χ1v) is 7.04. The highest BCUT2D eigenvalue weighted by molar-refractivity contribution is 7.23. The molecule has 0 bridgehead atoms. The molecule has 2 heterocycles. The van der Waals surface area contributed by atoms with E-state index < -0.39 is 0 Å². The summed E-state index contributed by atoms with van der Waals surface area (Å²) in [6, 6.07) is 0. The van der Waals surface area contributed by atoms with Gasteiger partial charge in [0.25, 0.3) is 0 Å². The van der Waals surface area contributed by atoms with Crippen LogP contribution in [-0.4, -0.2) is 36.4 Å². The second kappa shape index (κ2) is 2.82. The molecule has 4 unspecified atom stereocenters. The normalized spacial score (nSPS) is 54.1. The van der Waals surface area contributed by atoms with Crippen molar-refractivity contribution in [2.75, 3.05) is 13.1 Å². The van der Waals surface area contributed by atoms with Gasteiger partial charge in [0.15, 0.2) is 0 Å². The van der Waals surface area contributed by atoms with E-state index in [1.54, 1.807) is 0 Å². The molecule has 3 rings (SSSR count). The van der Waals surface area contributed by atoms with Crippen LogP contribution in [-0.2, 0) is 0 Å². The van der Waals surface area contributed by atoms with Crippen molar-refractivity contribution in [3.8, 4) is 0 Å². The highest BCUT2D eigenvalue weighted by Crippen LogP contribution is 2.70. The minimum Gasteiger partial charge on any atom is -0.297 e. The van der Waals surface area contributed by atoms with Crippen LogP contribution in [0.25, 0.3) is 0 Å². The summed E-state index contributed by atoms with van der Waals surface area (Å²) in [6.07, 6.45) is 5.79. The molecule has 2 saturated heterocycles. The Balaban J connectivity index is 1.90. The van der Waals surface area contributed by atoms with Gasteiger partial charge < -0.3 is 0 Å². The third-order valence-corrected chi connectivity index (χ3v) is 6.49. The molecule has 1 nitrogen and oxygen atoms in total. The first-order chi connectivity index (χ1) is 6.92. The molecule has 1 saturated carbocycles.